The molecule has 0 spiro atoms. The molecule has 0 radical (unpaired) electrons. The van der Waals surface area contributed by atoms with Gasteiger partial charge >= 0.3 is 13.2 Å². The van der Waals surface area contributed by atoms with Crippen LogP contribution in [-0.2, 0) is 14.0 Å². The molecule has 2 saturated heterocycles. The van der Waals surface area contributed by atoms with E-state index in [2.05, 4.69) is 17.0 Å². The lowest BCUT2D eigenvalue weighted by molar-refractivity contribution is 0.0240. The predicted molar refractivity (Wildman–Crippen MR) is 103 cm³/mol. The van der Waals surface area contributed by atoms with Gasteiger partial charge in [0.1, 0.15) is 5.60 Å². The summed E-state index contributed by atoms with van der Waals surface area (Å²) in [6.45, 7) is 13.2. The maximum Gasteiger partial charge on any atom is 0.494 e. The summed E-state index contributed by atoms with van der Waals surface area (Å²) >= 11 is 0. The lowest BCUT2D eigenvalue weighted by Gasteiger charge is -2.37. The minimum Gasteiger partial charge on any atom is -0.444 e. The van der Waals surface area contributed by atoms with Gasteiger partial charge in [-0.1, -0.05) is 12.1 Å². The normalized spacial score (nSPS) is 20.4. The first kappa shape index (κ1) is 19.0. The van der Waals surface area contributed by atoms with Crippen molar-refractivity contribution in [2.24, 2.45) is 0 Å². The van der Waals surface area contributed by atoms with E-state index >= 15 is 0 Å². The molecule has 26 heavy (non-hydrogen) atoms. The van der Waals surface area contributed by atoms with Crippen LogP contribution in [0.25, 0.3) is 0 Å². The molecule has 2 heterocycles. The van der Waals surface area contributed by atoms with Crippen LogP contribution in [0.15, 0.2) is 24.3 Å². The Morgan fingerprint density at radius 3 is 2.46 bits per heavy atom. The second-order valence-corrected chi connectivity index (χ2v) is 8.57. The smallest absolute Gasteiger partial charge is 0.444 e. The van der Waals surface area contributed by atoms with Crippen molar-refractivity contribution in [3.05, 3.63) is 24.3 Å². The summed E-state index contributed by atoms with van der Waals surface area (Å²) in [5, 5.41) is 0. The number of hydrogen-bond donors (Lipinski definition) is 0. The number of rotatable bonds is 2. The molecule has 0 unspecified atom stereocenters. The van der Waals surface area contributed by atoms with E-state index in [0.29, 0.717) is 19.7 Å². The molecule has 0 aromatic heterocycles. The van der Waals surface area contributed by atoms with Gasteiger partial charge in [-0.3, -0.25) is 0 Å². The largest absolute Gasteiger partial charge is 0.494 e. The summed E-state index contributed by atoms with van der Waals surface area (Å²) in [6, 6.07) is 8.28. The summed E-state index contributed by atoms with van der Waals surface area (Å²) in [6.07, 6.45) is -0.235. The van der Waals surface area contributed by atoms with Crippen molar-refractivity contribution in [1.29, 1.82) is 0 Å². The maximum atomic E-state index is 12.2. The van der Waals surface area contributed by atoms with Crippen molar-refractivity contribution in [3.8, 4) is 0 Å². The maximum absolute atomic E-state index is 12.2. The third-order valence-electron chi connectivity index (χ3n) is 4.45. The number of piperazine rings is 1. The van der Waals surface area contributed by atoms with Gasteiger partial charge in [0.2, 0.25) is 0 Å². The Morgan fingerprint density at radius 2 is 1.88 bits per heavy atom. The minimum atomic E-state index is -0.461. The number of nitrogens with zero attached hydrogens (tertiary/aromatic N) is 2. The first-order valence-corrected chi connectivity index (χ1v) is 9.25. The second kappa shape index (κ2) is 7.12. The van der Waals surface area contributed by atoms with E-state index in [1.165, 1.54) is 0 Å². The number of ether oxygens (including phenoxy) is 1. The molecule has 3 rings (SSSR count). The molecule has 6 nitrogen and oxygen atoms in total. The average molecular weight is 360 g/mol. The van der Waals surface area contributed by atoms with Gasteiger partial charge in [-0.15, -0.1) is 0 Å². The highest BCUT2D eigenvalue weighted by Crippen LogP contribution is 2.22. The third-order valence-corrected chi connectivity index (χ3v) is 4.45. The Bertz CT molecular complexity index is 651. The topological polar surface area (TPSA) is 51.2 Å². The molecule has 0 saturated carbocycles. The average Bonchev–Trinajstić information content (AvgIpc) is 2.94. The first-order chi connectivity index (χ1) is 12.1. The molecule has 7 heteroatoms. The van der Waals surface area contributed by atoms with Crippen LogP contribution in [-0.4, -0.2) is 62.1 Å². The molecule has 1 aromatic rings. The summed E-state index contributed by atoms with van der Waals surface area (Å²) in [4.78, 5) is 16.3. The van der Waals surface area contributed by atoms with Crippen LogP contribution >= 0.6 is 0 Å². The van der Waals surface area contributed by atoms with E-state index in [9.17, 15) is 4.79 Å². The van der Waals surface area contributed by atoms with Crippen LogP contribution in [0.1, 0.15) is 34.6 Å². The molecule has 0 atom stereocenters. The predicted octanol–water partition coefficient (Wildman–Crippen LogP) is 2.26. The Labute approximate surface area is 156 Å². The zero-order chi connectivity index (χ0) is 18.9. The zero-order valence-electron chi connectivity index (χ0n) is 16.4. The van der Waals surface area contributed by atoms with E-state index < -0.39 is 5.60 Å². The number of amides is 1. The Hall–Kier alpha value is -1.73. The monoisotopic (exact) mass is 360 g/mol. The third kappa shape index (κ3) is 4.71. The molecular formula is C19H29BN2O4. The molecule has 142 valence electrons. The summed E-state index contributed by atoms with van der Waals surface area (Å²) in [5.41, 5.74) is 1.45. The summed E-state index contributed by atoms with van der Waals surface area (Å²) in [7, 11) is -0.312. The lowest BCUT2D eigenvalue weighted by atomic mass is 9.79. The van der Waals surface area contributed by atoms with Crippen molar-refractivity contribution >= 4 is 24.4 Å². The van der Waals surface area contributed by atoms with Gasteiger partial charge in [0.25, 0.3) is 0 Å². The fraction of sp³-hybridized carbons (Fsp3) is 0.632. The molecule has 2 fully saturated rings. The van der Waals surface area contributed by atoms with Crippen molar-refractivity contribution in [2.75, 3.05) is 37.7 Å². The molecule has 2 aliphatic rings. The van der Waals surface area contributed by atoms with Crippen LogP contribution in [0.2, 0.25) is 0 Å². The molecule has 0 N–H and O–H groups in total. The summed E-state index contributed by atoms with van der Waals surface area (Å²) < 4.78 is 17.2. The number of benzene rings is 1. The first-order valence-electron chi connectivity index (χ1n) is 9.25. The van der Waals surface area contributed by atoms with Crippen LogP contribution in [0.3, 0.4) is 0 Å². The molecular weight excluding hydrogens is 331 g/mol. The van der Waals surface area contributed by atoms with Crippen LogP contribution < -0.4 is 10.4 Å². The summed E-state index contributed by atoms with van der Waals surface area (Å²) in [5.74, 6) is 0. The highest BCUT2D eigenvalue weighted by atomic mass is 16.7. The SMILES string of the molecule is CC(C)(C)OC(=O)N1CCN(c2cccc(B3OCC(C)(C)O3)c2)CC1. The van der Waals surface area contributed by atoms with Crippen LogP contribution in [0.5, 0.6) is 0 Å². The number of carbonyl (C=O) groups excluding carboxylic acids is 1. The fourth-order valence-corrected chi connectivity index (χ4v) is 3.14. The Morgan fingerprint density at radius 1 is 1.19 bits per heavy atom. The van der Waals surface area contributed by atoms with Gasteiger partial charge in [0.15, 0.2) is 0 Å². The highest BCUT2D eigenvalue weighted by molar-refractivity contribution is 6.62. The van der Waals surface area contributed by atoms with Crippen molar-refractivity contribution in [3.63, 3.8) is 0 Å². The van der Waals surface area contributed by atoms with Gasteiger partial charge in [-0.05, 0) is 52.2 Å². The number of anilines is 1. The van der Waals surface area contributed by atoms with E-state index in [0.717, 1.165) is 24.2 Å². The Kier molecular flexibility index (Phi) is 5.22. The quantitative estimate of drug-likeness (QED) is 0.758. The van der Waals surface area contributed by atoms with Crippen LogP contribution in [0, 0.1) is 0 Å². The second-order valence-electron chi connectivity index (χ2n) is 8.57. The standard InChI is InChI=1S/C19H29BN2O4/c1-18(2,3)25-17(23)22-11-9-21(10-12-22)16-8-6-7-15(13-16)20-24-14-19(4,5)26-20/h6-8,13H,9-12,14H2,1-5H3. The molecule has 0 aliphatic carbocycles. The van der Waals surface area contributed by atoms with Gasteiger partial charge < -0.3 is 23.8 Å². The van der Waals surface area contributed by atoms with E-state index in [-0.39, 0.29) is 18.8 Å². The minimum absolute atomic E-state index is 0.235. The van der Waals surface area contributed by atoms with Gasteiger partial charge in [0.05, 0.1) is 12.2 Å². The van der Waals surface area contributed by atoms with Gasteiger partial charge in [-0.25, -0.2) is 4.79 Å². The van der Waals surface area contributed by atoms with E-state index in [4.69, 9.17) is 14.0 Å². The van der Waals surface area contributed by atoms with Crippen molar-refractivity contribution < 1.29 is 18.8 Å². The van der Waals surface area contributed by atoms with Gasteiger partial charge in [-0.2, -0.15) is 0 Å². The van der Waals surface area contributed by atoms with Crippen LogP contribution in [0.4, 0.5) is 10.5 Å². The molecule has 1 amide bonds. The zero-order valence-corrected chi connectivity index (χ0v) is 16.4. The molecule has 0 bridgehead atoms. The van der Waals surface area contributed by atoms with Crippen molar-refractivity contribution in [1.82, 2.24) is 4.90 Å². The molecule has 1 aromatic carbocycles. The number of carbonyl (C=O) groups is 1. The molecule has 2 aliphatic heterocycles. The van der Waals surface area contributed by atoms with E-state index in [1.807, 2.05) is 46.8 Å². The fourth-order valence-electron chi connectivity index (χ4n) is 3.14. The lowest BCUT2D eigenvalue weighted by Crippen LogP contribution is -2.50. The number of hydrogen-bond acceptors (Lipinski definition) is 5. The Balaban J connectivity index is 1.60. The van der Waals surface area contributed by atoms with Crippen molar-refractivity contribution in [2.45, 2.75) is 45.8 Å². The van der Waals surface area contributed by atoms with Gasteiger partial charge in [0, 0.05) is 31.9 Å². The van der Waals surface area contributed by atoms with E-state index in [1.54, 1.807) is 4.90 Å². The highest BCUT2D eigenvalue weighted by Gasteiger charge is 2.38.